The second kappa shape index (κ2) is 7.49. The van der Waals surface area contributed by atoms with E-state index in [1.807, 2.05) is 12.3 Å². The normalized spacial score (nSPS) is 18.7. The first-order chi connectivity index (χ1) is 8.90. The summed E-state index contributed by atoms with van der Waals surface area (Å²) in [7, 11) is 0. The molecule has 0 radical (unpaired) electrons. The Hall–Kier alpha value is -0.930. The molecule has 2 heterocycles. The van der Waals surface area contributed by atoms with Crippen molar-refractivity contribution in [1.82, 2.24) is 10.3 Å². The predicted octanol–water partition coefficient (Wildman–Crippen LogP) is 2.42. The van der Waals surface area contributed by atoms with Crippen LogP contribution in [0.25, 0.3) is 0 Å². The highest BCUT2D eigenvalue weighted by atomic mass is 16.5. The SMILES string of the molecule is CCCNC(Cc1ccccn1)C1CCOCC1. The van der Waals surface area contributed by atoms with Crippen molar-refractivity contribution < 1.29 is 4.74 Å². The maximum Gasteiger partial charge on any atom is 0.0469 e. The molecule has 0 amide bonds. The molecule has 1 saturated heterocycles. The molecule has 1 unspecified atom stereocenters. The van der Waals surface area contributed by atoms with Gasteiger partial charge in [0.15, 0.2) is 0 Å². The van der Waals surface area contributed by atoms with Crippen LogP contribution in [0.15, 0.2) is 24.4 Å². The molecule has 3 nitrogen and oxygen atoms in total. The van der Waals surface area contributed by atoms with Gasteiger partial charge in [-0.3, -0.25) is 4.98 Å². The summed E-state index contributed by atoms with van der Waals surface area (Å²) in [5, 5.41) is 3.69. The lowest BCUT2D eigenvalue weighted by atomic mass is 9.88. The molecule has 1 aromatic heterocycles. The van der Waals surface area contributed by atoms with Crippen LogP contribution in [-0.2, 0) is 11.2 Å². The standard InChI is InChI=1S/C15H24N2O/c1-2-8-17-15(13-6-10-18-11-7-13)12-14-5-3-4-9-16-14/h3-5,9,13,15,17H,2,6-8,10-12H2,1H3. The third-order valence-corrected chi connectivity index (χ3v) is 3.65. The second-order valence-corrected chi connectivity index (χ2v) is 5.04. The van der Waals surface area contributed by atoms with Gasteiger partial charge >= 0.3 is 0 Å². The first kappa shape index (κ1) is 13.5. The lowest BCUT2D eigenvalue weighted by molar-refractivity contribution is 0.0536. The van der Waals surface area contributed by atoms with Crippen LogP contribution in [0.5, 0.6) is 0 Å². The van der Waals surface area contributed by atoms with Gasteiger partial charge in [-0.05, 0) is 43.9 Å². The average molecular weight is 248 g/mol. The summed E-state index contributed by atoms with van der Waals surface area (Å²) < 4.78 is 5.46. The molecule has 2 rings (SSSR count). The highest BCUT2D eigenvalue weighted by molar-refractivity contribution is 5.06. The smallest absolute Gasteiger partial charge is 0.0469 e. The third kappa shape index (κ3) is 4.07. The van der Waals surface area contributed by atoms with E-state index in [1.165, 1.54) is 25.0 Å². The maximum atomic E-state index is 5.46. The lowest BCUT2D eigenvalue weighted by Gasteiger charge is -2.31. The van der Waals surface area contributed by atoms with E-state index < -0.39 is 0 Å². The Balaban J connectivity index is 1.95. The van der Waals surface area contributed by atoms with Gasteiger partial charge in [-0.1, -0.05) is 13.0 Å². The van der Waals surface area contributed by atoms with E-state index in [0.717, 1.165) is 32.1 Å². The maximum absolute atomic E-state index is 5.46. The average Bonchev–Trinajstić information content (AvgIpc) is 2.45. The summed E-state index contributed by atoms with van der Waals surface area (Å²) >= 11 is 0. The molecule has 1 aliphatic heterocycles. The minimum atomic E-state index is 0.545. The van der Waals surface area contributed by atoms with Crippen molar-refractivity contribution in [3.63, 3.8) is 0 Å². The molecule has 100 valence electrons. The molecular weight excluding hydrogens is 224 g/mol. The highest BCUT2D eigenvalue weighted by Gasteiger charge is 2.23. The molecule has 0 aromatic carbocycles. The fourth-order valence-electron chi connectivity index (χ4n) is 2.60. The van der Waals surface area contributed by atoms with E-state index in [2.05, 4.69) is 29.4 Å². The van der Waals surface area contributed by atoms with Crippen molar-refractivity contribution >= 4 is 0 Å². The Morgan fingerprint density at radius 3 is 2.89 bits per heavy atom. The minimum Gasteiger partial charge on any atom is -0.381 e. The molecule has 1 aromatic rings. The molecule has 0 spiro atoms. The van der Waals surface area contributed by atoms with Gasteiger partial charge in [0, 0.05) is 37.6 Å². The molecule has 3 heteroatoms. The van der Waals surface area contributed by atoms with E-state index in [1.54, 1.807) is 0 Å². The summed E-state index contributed by atoms with van der Waals surface area (Å²) in [5.74, 6) is 0.729. The summed E-state index contributed by atoms with van der Waals surface area (Å²) in [6.07, 6.45) is 6.45. The zero-order chi connectivity index (χ0) is 12.6. The largest absolute Gasteiger partial charge is 0.381 e. The van der Waals surface area contributed by atoms with Crippen molar-refractivity contribution in [3.8, 4) is 0 Å². The number of hydrogen-bond acceptors (Lipinski definition) is 3. The van der Waals surface area contributed by atoms with Crippen LogP contribution in [0.4, 0.5) is 0 Å². The lowest BCUT2D eigenvalue weighted by Crippen LogP contribution is -2.41. The van der Waals surface area contributed by atoms with Crippen molar-refractivity contribution in [2.45, 2.75) is 38.6 Å². The highest BCUT2D eigenvalue weighted by Crippen LogP contribution is 2.21. The van der Waals surface area contributed by atoms with Crippen LogP contribution < -0.4 is 5.32 Å². The van der Waals surface area contributed by atoms with Gasteiger partial charge in [0.05, 0.1) is 0 Å². The van der Waals surface area contributed by atoms with Gasteiger partial charge in [-0.15, -0.1) is 0 Å². The van der Waals surface area contributed by atoms with Crippen LogP contribution in [0.2, 0.25) is 0 Å². The van der Waals surface area contributed by atoms with E-state index >= 15 is 0 Å². The summed E-state index contributed by atoms with van der Waals surface area (Å²) in [6.45, 7) is 5.14. The van der Waals surface area contributed by atoms with E-state index in [9.17, 15) is 0 Å². The minimum absolute atomic E-state index is 0.545. The van der Waals surface area contributed by atoms with Crippen molar-refractivity contribution in [1.29, 1.82) is 0 Å². The molecule has 0 aliphatic carbocycles. The van der Waals surface area contributed by atoms with Crippen LogP contribution in [0.1, 0.15) is 31.9 Å². The topological polar surface area (TPSA) is 34.2 Å². The van der Waals surface area contributed by atoms with E-state index in [0.29, 0.717) is 6.04 Å². The van der Waals surface area contributed by atoms with Gasteiger partial charge in [0.2, 0.25) is 0 Å². The quantitative estimate of drug-likeness (QED) is 0.839. The van der Waals surface area contributed by atoms with Crippen LogP contribution in [-0.4, -0.2) is 30.8 Å². The number of nitrogens with one attached hydrogen (secondary N) is 1. The monoisotopic (exact) mass is 248 g/mol. The van der Waals surface area contributed by atoms with Gasteiger partial charge in [0.1, 0.15) is 0 Å². The fourth-order valence-corrected chi connectivity index (χ4v) is 2.60. The molecule has 1 atom stereocenters. The first-order valence-corrected chi connectivity index (χ1v) is 7.11. The number of hydrogen-bond donors (Lipinski definition) is 1. The number of pyridine rings is 1. The van der Waals surface area contributed by atoms with Crippen LogP contribution in [0, 0.1) is 5.92 Å². The van der Waals surface area contributed by atoms with Crippen LogP contribution in [0.3, 0.4) is 0 Å². The van der Waals surface area contributed by atoms with Gasteiger partial charge in [0.25, 0.3) is 0 Å². The summed E-state index contributed by atoms with van der Waals surface area (Å²) in [5.41, 5.74) is 1.19. The molecule has 18 heavy (non-hydrogen) atoms. The first-order valence-electron chi connectivity index (χ1n) is 7.11. The van der Waals surface area contributed by atoms with Crippen molar-refractivity contribution in [3.05, 3.63) is 30.1 Å². The molecule has 1 fully saturated rings. The zero-order valence-corrected chi connectivity index (χ0v) is 11.3. The second-order valence-electron chi connectivity index (χ2n) is 5.04. The number of nitrogens with zero attached hydrogens (tertiary/aromatic N) is 1. The molecular formula is C15H24N2O. The van der Waals surface area contributed by atoms with E-state index in [-0.39, 0.29) is 0 Å². The third-order valence-electron chi connectivity index (χ3n) is 3.65. The Kier molecular flexibility index (Phi) is 5.62. The summed E-state index contributed by atoms with van der Waals surface area (Å²) in [4.78, 5) is 4.45. The summed E-state index contributed by atoms with van der Waals surface area (Å²) in [6, 6.07) is 6.72. The Morgan fingerprint density at radius 2 is 2.22 bits per heavy atom. The van der Waals surface area contributed by atoms with E-state index in [4.69, 9.17) is 4.74 Å². The number of ether oxygens (including phenoxy) is 1. The molecule has 1 N–H and O–H groups in total. The van der Waals surface area contributed by atoms with Gasteiger partial charge in [-0.2, -0.15) is 0 Å². The Labute approximate surface area is 110 Å². The zero-order valence-electron chi connectivity index (χ0n) is 11.3. The number of rotatable bonds is 6. The molecule has 0 bridgehead atoms. The fraction of sp³-hybridized carbons (Fsp3) is 0.667. The predicted molar refractivity (Wildman–Crippen MR) is 73.6 cm³/mol. The van der Waals surface area contributed by atoms with Gasteiger partial charge < -0.3 is 10.1 Å². The molecule has 1 aliphatic rings. The van der Waals surface area contributed by atoms with Gasteiger partial charge in [-0.25, -0.2) is 0 Å². The van der Waals surface area contributed by atoms with Crippen LogP contribution >= 0.6 is 0 Å². The number of aromatic nitrogens is 1. The Bertz CT molecular complexity index is 323. The molecule has 0 saturated carbocycles. The van der Waals surface area contributed by atoms with Crippen molar-refractivity contribution in [2.75, 3.05) is 19.8 Å². The van der Waals surface area contributed by atoms with Crippen molar-refractivity contribution in [2.24, 2.45) is 5.92 Å². The Morgan fingerprint density at radius 1 is 1.39 bits per heavy atom.